The second kappa shape index (κ2) is 6.49. The van der Waals surface area contributed by atoms with Gasteiger partial charge in [0, 0.05) is 6.21 Å². The number of hydrogen-bond donors (Lipinski definition) is 0. The average Bonchev–Trinajstić information content (AvgIpc) is 2.48. The summed E-state index contributed by atoms with van der Waals surface area (Å²) in [5, 5.41) is 0. The molecular formula is C14H15N3O2. The second-order valence-electron chi connectivity index (χ2n) is 3.76. The zero-order chi connectivity index (χ0) is 13.5. The lowest BCUT2D eigenvalue weighted by molar-refractivity contribution is 0.370. The summed E-state index contributed by atoms with van der Waals surface area (Å²) in [4.78, 5) is 12.4. The van der Waals surface area contributed by atoms with Gasteiger partial charge in [-0.1, -0.05) is 30.3 Å². The molecule has 0 N–H and O–H groups in total. The van der Waals surface area contributed by atoms with E-state index in [4.69, 9.17) is 9.47 Å². The van der Waals surface area contributed by atoms with E-state index in [1.165, 1.54) is 6.33 Å². The van der Waals surface area contributed by atoms with E-state index in [9.17, 15) is 0 Å². The molecule has 0 saturated heterocycles. The fourth-order valence-electron chi connectivity index (χ4n) is 1.63. The van der Waals surface area contributed by atoms with Crippen LogP contribution in [0.4, 0.5) is 0 Å². The van der Waals surface area contributed by atoms with Gasteiger partial charge in [0.25, 0.3) is 0 Å². The molecule has 0 aliphatic rings. The number of hydrogen-bond acceptors (Lipinski definition) is 5. The van der Waals surface area contributed by atoms with Gasteiger partial charge in [-0.25, -0.2) is 9.97 Å². The highest BCUT2D eigenvalue weighted by atomic mass is 16.5. The van der Waals surface area contributed by atoms with Crippen LogP contribution < -0.4 is 9.47 Å². The van der Waals surface area contributed by atoms with Crippen LogP contribution >= 0.6 is 0 Å². The lowest BCUT2D eigenvalue weighted by Gasteiger charge is -2.06. The monoisotopic (exact) mass is 257 g/mol. The van der Waals surface area contributed by atoms with Gasteiger partial charge in [-0.2, -0.15) is 0 Å². The molecule has 19 heavy (non-hydrogen) atoms. The molecule has 1 heterocycles. The van der Waals surface area contributed by atoms with E-state index in [2.05, 4.69) is 15.0 Å². The smallest absolute Gasteiger partial charge is 0.229 e. The topological polar surface area (TPSA) is 56.6 Å². The summed E-state index contributed by atoms with van der Waals surface area (Å²) in [6, 6.07) is 9.99. The van der Waals surface area contributed by atoms with Crippen molar-refractivity contribution in [2.45, 2.75) is 6.54 Å². The summed E-state index contributed by atoms with van der Waals surface area (Å²) >= 11 is 0. The van der Waals surface area contributed by atoms with Crippen molar-refractivity contribution < 1.29 is 9.47 Å². The Morgan fingerprint density at radius 3 is 2.26 bits per heavy atom. The Morgan fingerprint density at radius 1 is 1.05 bits per heavy atom. The van der Waals surface area contributed by atoms with Crippen LogP contribution in [0, 0.1) is 0 Å². The van der Waals surface area contributed by atoms with Crippen molar-refractivity contribution in [3.05, 3.63) is 47.8 Å². The van der Waals surface area contributed by atoms with Crippen molar-refractivity contribution in [1.82, 2.24) is 9.97 Å². The standard InChI is InChI=1S/C14H15N3O2/c1-18-13-12(14(19-2)17-10-16-13)9-15-8-11-6-4-3-5-7-11/h3-7,9-10H,8H2,1-2H3. The predicted octanol–water partition coefficient (Wildman–Crippen LogP) is 2.11. The lowest BCUT2D eigenvalue weighted by Crippen LogP contribution is -2.00. The van der Waals surface area contributed by atoms with Crippen LogP contribution in [0.1, 0.15) is 11.1 Å². The third-order valence-electron chi connectivity index (χ3n) is 2.53. The molecule has 0 amide bonds. The number of nitrogens with zero attached hydrogens (tertiary/aromatic N) is 3. The Morgan fingerprint density at radius 2 is 1.68 bits per heavy atom. The number of aliphatic imine (C=N–C) groups is 1. The second-order valence-corrected chi connectivity index (χ2v) is 3.76. The number of benzene rings is 1. The normalized spacial score (nSPS) is 10.6. The molecule has 2 aromatic rings. The van der Waals surface area contributed by atoms with E-state index in [0.29, 0.717) is 23.9 Å². The molecule has 5 nitrogen and oxygen atoms in total. The molecule has 0 atom stereocenters. The van der Waals surface area contributed by atoms with Gasteiger partial charge >= 0.3 is 0 Å². The molecule has 5 heteroatoms. The fraction of sp³-hybridized carbons (Fsp3) is 0.214. The highest BCUT2D eigenvalue weighted by Gasteiger charge is 2.09. The molecule has 0 radical (unpaired) electrons. The van der Waals surface area contributed by atoms with E-state index in [1.54, 1.807) is 20.4 Å². The summed E-state index contributed by atoms with van der Waals surface area (Å²) in [5.74, 6) is 0.896. The van der Waals surface area contributed by atoms with Gasteiger partial charge in [0.05, 0.1) is 20.8 Å². The molecule has 0 aliphatic heterocycles. The Bertz CT molecular complexity index is 534. The Labute approximate surface area is 112 Å². The number of ether oxygens (including phenoxy) is 2. The highest BCUT2D eigenvalue weighted by Crippen LogP contribution is 2.21. The maximum atomic E-state index is 5.17. The minimum absolute atomic E-state index is 0.448. The minimum atomic E-state index is 0.448. The van der Waals surface area contributed by atoms with E-state index in [1.807, 2.05) is 30.3 Å². The molecule has 2 rings (SSSR count). The van der Waals surface area contributed by atoms with E-state index < -0.39 is 0 Å². The number of methoxy groups -OCH3 is 2. The van der Waals surface area contributed by atoms with Gasteiger partial charge in [0.1, 0.15) is 11.9 Å². The summed E-state index contributed by atoms with van der Waals surface area (Å²) < 4.78 is 10.3. The third kappa shape index (κ3) is 3.28. The molecule has 0 saturated carbocycles. The zero-order valence-electron chi connectivity index (χ0n) is 10.9. The SMILES string of the molecule is COc1ncnc(OC)c1C=NCc1ccccc1. The number of rotatable bonds is 5. The van der Waals surface area contributed by atoms with Crippen molar-refractivity contribution in [1.29, 1.82) is 0 Å². The average molecular weight is 257 g/mol. The van der Waals surface area contributed by atoms with E-state index >= 15 is 0 Å². The molecule has 1 aromatic heterocycles. The quantitative estimate of drug-likeness (QED) is 0.770. The first kappa shape index (κ1) is 13.0. The van der Waals surface area contributed by atoms with Crippen LogP contribution in [-0.4, -0.2) is 30.4 Å². The first-order chi connectivity index (χ1) is 9.35. The van der Waals surface area contributed by atoms with Gasteiger partial charge in [0.15, 0.2) is 0 Å². The van der Waals surface area contributed by atoms with Crippen LogP contribution in [0.5, 0.6) is 11.8 Å². The largest absolute Gasteiger partial charge is 0.480 e. The van der Waals surface area contributed by atoms with Gasteiger partial charge in [-0.3, -0.25) is 4.99 Å². The lowest BCUT2D eigenvalue weighted by atomic mass is 10.2. The van der Waals surface area contributed by atoms with Crippen molar-refractivity contribution in [3.8, 4) is 11.8 Å². The molecule has 0 spiro atoms. The van der Waals surface area contributed by atoms with Crippen LogP contribution in [-0.2, 0) is 6.54 Å². The van der Waals surface area contributed by atoms with E-state index in [-0.39, 0.29) is 0 Å². The van der Waals surface area contributed by atoms with E-state index in [0.717, 1.165) is 5.56 Å². The van der Waals surface area contributed by atoms with Crippen molar-refractivity contribution >= 4 is 6.21 Å². The molecule has 98 valence electrons. The van der Waals surface area contributed by atoms with Crippen molar-refractivity contribution in [2.75, 3.05) is 14.2 Å². The third-order valence-corrected chi connectivity index (χ3v) is 2.53. The maximum Gasteiger partial charge on any atom is 0.229 e. The summed E-state index contributed by atoms with van der Waals surface area (Å²) in [6.45, 7) is 0.585. The minimum Gasteiger partial charge on any atom is -0.480 e. The first-order valence-electron chi connectivity index (χ1n) is 5.82. The first-order valence-corrected chi connectivity index (χ1v) is 5.82. The van der Waals surface area contributed by atoms with Crippen LogP contribution in [0.15, 0.2) is 41.7 Å². The molecular weight excluding hydrogens is 242 g/mol. The van der Waals surface area contributed by atoms with Crippen LogP contribution in [0.3, 0.4) is 0 Å². The van der Waals surface area contributed by atoms with Crippen LogP contribution in [0.2, 0.25) is 0 Å². The van der Waals surface area contributed by atoms with Crippen molar-refractivity contribution in [3.63, 3.8) is 0 Å². The molecule has 0 aliphatic carbocycles. The van der Waals surface area contributed by atoms with Gasteiger partial charge < -0.3 is 9.47 Å². The van der Waals surface area contributed by atoms with Gasteiger partial charge in [-0.05, 0) is 5.56 Å². The summed E-state index contributed by atoms with van der Waals surface area (Å²) in [7, 11) is 3.10. The van der Waals surface area contributed by atoms with Crippen molar-refractivity contribution in [2.24, 2.45) is 4.99 Å². The van der Waals surface area contributed by atoms with Crippen LogP contribution in [0.25, 0.3) is 0 Å². The molecule has 1 aromatic carbocycles. The fourth-order valence-corrected chi connectivity index (χ4v) is 1.63. The molecule has 0 unspecified atom stereocenters. The van der Waals surface area contributed by atoms with Gasteiger partial charge in [-0.15, -0.1) is 0 Å². The Hall–Kier alpha value is -2.43. The summed E-state index contributed by atoms with van der Waals surface area (Å²) in [6.07, 6.45) is 3.07. The van der Waals surface area contributed by atoms with Gasteiger partial charge in [0.2, 0.25) is 11.8 Å². The highest BCUT2D eigenvalue weighted by molar-refractivity contribution is 5.85. The molecule has 0 bridgehead atoms. The maximum absolute atomic E-state index is 5.17. The Balaban J connectivity index is 2.18. The molecule has 0 fully saturated rings. The summed E-state index contributed by atoms with van der Waals surface area (Å²) in [5.41, 5.74) is 1.77. The number of aromatic nitrogens is 2. The Kier molecular flexibility index (Phi) is 4.44. The zero-order valence-corrected chi connectivity index (χ0v) is 10.9. The predicted molar refractivity (Wildman–Crippen MR) is 72.9 cm³/mol.